The lowest BCUT2D eigenvalue weighted by Gasteiger charge is -2.11. The SMILES string of the molecule is O=C(Cn1c(=O)cnc2ccccc21)NCCCOCC1CCCO1. The molecular weight excluding hydrogens is 322 g/mol. The normalized spacial score (nSPS) is 17.0. The van der Waals surface area contributed by atoms with Crippen LogP contribution in [0.2, 0.25) is 0 Å². The van der Waals surface area contributed by atoms with E-state index in [2.05, 4.69) is 10.3 Å². The average Bonchev–Trinajstić information content (AvgIpc) is 3.14. The Bertz CT molecular complexity index is 768. The van der Waals surface area contributed by atoms with Crippen molar-refractivity contribution in [1.82, 2.24) is 14.9 Å². The van der Waals surface area contributed by atoms with Crippen molar-refractivity contribution in [3.05, 3.63) is 40.8 Å². The first-order valence-corrected chi connectivity index (χ1v) is 8.64. The van der Waals surface area contributed by atoms with Gasteiger partial charge in [-0.15, -0.1) is 0 Å². The topological polar surface area (TPSA) is 82.5 Å². The van der Waals surface area contributed by atoms with Crippen LogP contribution in [0.25, 0.3) is 11.0 Å². The number of carbonyl (C=O) groups is 1. The molecule has 1 aromatic heterocycles. The van der Waals surface area contributed by atoms with E-state index >= 15 is 0 Å². The summed E-state index contributed by atoms with van der Waals surface area (Å²) in [7, 11) is 0. The number of nitrogens with zero attached hydrogens (tertiary/aromatic N) is 2. The number of amides is 1. The number of aromatic nitrogens is 2. The largest absolute Gasteiger partial charge is 0.379 e. The fraction of sp³-hybridized carbons (Fsp3) is 0.500. The third kappa shape index (κ3) is 4.87. The quantitative estimate of drug-likeness (QED) is 0.725. The molecule has 0 saturated carbocycles. The zero-order chi connectivity index (χ0) is 17.5. The number of hydrogen-bond acceptors (Lipinski definition) is 5. The molecule has 1 aliphatic rings. The minimum Gasteiger partial charge on any atom is -0.379 e. The molecule has 7 heteroatoms. The molecule has 1 N–H and O–H groups in total. The summed E-state index contributed by atoms with van der Waals surface area (Å²) in [6.45, 7) is 2.53. The van der Waals surface area contributed by atoms with E-state index in [9.17, 15) is 9.59 Å². The minimum absolute atomic E-state index is 0.0152. The fourth-order valence-corrected chi connectivity index (χ4v) is 2.87. The van der Waals surface area contributed by atoms with Gasteiger partial charge >= 0.3 is 0 Å². The summed E-state index contributed by atoms with van der Waals surface area (Å²) in [6.07, 6.45) is 4.36. The second kappa shape index (κ2) is 8.73. The minimum atomic E-state index is -0.284. The van der Waals surface area contributed by atoms with Crippen molar-refractivity contribution >= 4 is 16.9 Å². The van der Waals surface area contributed by atoms with Gasteiger partial charge in [0.2, 0.25) is 5.91 Å². The van der Waals surface area contributed by atoms with Gasteiger partial charge < -0.3 is 14.8 Å². The molecule has 1 aliphatic heterocycles. The van der Waals surface area contributed by atoms with Gasteiger partial charge in [0.1, 0.15) is 6.54 Å². The van der Waals surface area contributed by atoms with Crippen LogP contribution in [0.4, 0.5) is 0 Å². The molecule has 134 valence electrons. The van der Waals surface area contributed by atoms with Gasteiger partial charge in [0.25, 0.3) is 5.56 Å². The van der Waals surface area contributed by atoms with Crippen molar-refractivity contribution in [3.63, 3.8) is 0 Å². The van der Waals surface area contributed by atoms with Gasteiger partial charge in [-0.05, 0) is 31.4 Å². The van der Waals surface area contributed by atoms with E-state index in [0.29, 0.717) is 30.8 Å². The van der Waals surface area contributed by atoms with E-state index in [1.165, 1.54) is 10.8 Å². The summed E-state index contributed by atoms with van der Waals surface area (Å²) in [6, 6.07) is 7.27. The van der Waals surface area contributed by atoms with Gasteiger partial charge in [-0.1, -0.05) is 12.1 Å². The molecule has 7 nitrogen and oxygen atoms in total. The van der Waals surface area contributed by atoms with Crippen molar-refractivity contribution in [2.45, 2.75) is 31.9 Å². The Morgan fingerprint density at radius 1 is 1.40 bits per heavy atom. The molecule has 1 amide bonds. The second-order valence-electron chi connectivity index (χ2n) is 6.08. The molecular formula is C18H23N3O4. The van der Waals surface area contributed by atoms with Gasteiger partial charge in [-0.2, -0.15) is 0 Å². The Labute approximate surface area is 146 Å². The Balaban J connectivity index is 1.42. The van der Waals surface area contributed by atoms with Gasteiger partial charge in [-0.25, -0.2) is 4.98 Å². The third-order valence-corrected chi connectivity index (χ3v) is 4.17. The Kier molecular flexibility index (Phi) is 6.14. The lowest BCUT2D eigenvalue weighted by Crippen LogP contribution is -2.33. The number of benzene rings is 1. The number of para-hydroxylation sites is 2. The van der Waals surface area contributed by atoms with Crippen LogP contribution in [-0.4, -0.2) is 47.9 Å². The molecule has 0 radical (unpaired) electrons. The molecule has 2 aromatic rings. The first-order chi connectivity index (χ1) is 12.2. The predicted molar refractivity (Wildman–Crippen MR) is 93.4 cm³/mol. The monoisotopic (exact) mass is 345 g/mol. The van der Waals surface area contributed by atoms with E-state index in [1.54, 1.807) is 6.07 Å². The van der Waals surface area contributed by atoms with E-state index in [1.807, 2.05) is 18.2 Å². The maximum absolute atomic E-state index is 12.1. The van der Waals surface area contributed by atoms with Crippen LogP contribution >= 0.6 is 0 Å². The van der Waals surface area contributed by atoms with E-state index in [0.717, 1.165) is 25.9 Å². The first kappa shape index (κ1) is 17.6. The number of hydrogen-bond donors (Lipinski definition) is 1. The first-order valence-electron chi connectivity index (χ1n) is 8.64. The Morgan fingerprint density at radius 2 is 2.28 bits per heavy atom. The van der Waals surface area contributed by atoms with Crippen molar-refractivity contribution in [2.24, 2.45) is 0 Å². The molecule has 1 unspecified atom stereocenters. The lowest BCUT2D eigenvalue weighted by atomic mass is 10.2. The summed E-state index contributed by atoms with van der Waals surface area (Å²) >= 11 is 0. The van der Waals surface area contributed by atoms with E-state index < -0.39 is 0 Å². The molecule has 0 aliphatic carbocycles. The van der Waals surface area contributed by atoms with Crippen LogP contribution < -0.4 is 10.9 Å². The number of carbonyl (C=O) groups excluding carboxylic acids is 1. The molecule has 1 saturated heterocycles. The summed E-state index contributed by atoms with van der Waals surface area (Å²) in [5.74, 6) is -0.197. The van der Waals surface area contributed by atoms with Crippen LogP contribution in [0.15, 0.2) is 35.3 Å². The zero-order valence-corrected chi connectivity index (χ0v) is 14.1. The summed E-state index contributed by atoms with van der Waals surface area (Å²) in [5, 5.41) is 2.82. The Hall–Kier alpha value is -2.25. The highest BCUT2D eigenvalue weighted by Gasteiger charge is 2.15. The van der Waals surface area contributed by atoms with Crippen molar-refractivity contribution in [3.8, 4) is 0 Å². The Morgan fingerprint density at radius 3 is 3.12 bits per heavy atom. The maximum atomic E-state index is 12.1. The number of fused-ring (bicyclic) bond motifs is 1. The van der Waals surface area contributed by atoms with Crippen LogP contribution in [0.3, 0.4) is 0 Å². The van der Waals surface area contributed by atoms with Crippen molar-refractivity contribution < 1.29 is 14.3 Å². The maximum Gasteiger partial charge on any atom is 0.269 e. The summed E-state index contributed by atoms with van der Waals surface area (Å²) in [4.78, 5) is 28.2. The van der Waals surface area contributed by atoms with Gasteiger partial charge in [0.05, 0.1) is 29.9 Å². The second-order valence-corrected chi connectivity index (χ2v) is 6.08. The molecule has 1 aromatic carbocycles. The lowest BCUT2D eigenvalue weighted by molar-refractivity contribution is -0.121. The predicted octanol–water partition coefficient (Wildman–Crippen LogP) is 1.10. The number of nitrogens with one attached hydrogen (secondary N) is 1. The molecule has 3 rings (SSSR count). The summed E-state index contributed by atoms with van der Waals surface area (Å²) in [5.41, 5.74) is 1.07. The highest BCUT2D eigenvalue weighted by atomic mass is 16.5. The van der Waals surface area contributed by atoms with Crippen molar-refractivity contribution in [2.75, 3.05) is 26.4 Å². The van der Waals surface area contributed by atoms with E-state index in [4.69, 9.17) is 9.47 Å². The number of rotatable bonds is 8. The van der Waals surface area contributed by atoms with Crippen molar-refractivity contribution in [1.29, 1.82) is 0 Å². The molecule has 0 bridgehead atoms. The molecule has 0 spiro atoms. The number of ether oxygens (including phenoxy) is 2. The van der Waals surface area contributed by atoms with Crippen LogP contribution in [0.1, 0.15) is 19.3 Å². The van der Waals surface area contributed by atoms with Crippen LogP contribution in [0.5, 0.6) is 0 Å². The molecule has 1 atom stereocenters. The fourth-order valence-electron chi connectivity index (χ4n) is 2.87. The molecule has 2 heterocycles. The highest BCUT2D eigenvalue weighted by Crippen LogP contribution is 2.11. The van der Waals surface area contributed by atoms with Crippen LogP contribution in [0, 0.1) is 0 Å². The smallest absolute Gasteiger partial charge is 0.269 e. The standard InChI is InChI=1S/C18H23N3O4/c22-17(19-8-4-9-24-13-14-5-3-10-25-14)12-21-16-7-2-1-6-15(16)20-11-18(21)23/h1-2,6-7,11,14H,3-5,8-10,12-13H2,(H,19,22). The van der Waals surface area contributed by atoms with Gasteiger partial charge in [0.15, 0.2) is 0 Å². The highest BCUT2D eigenvalue weighted by molar-refractivity contribution is 5.79. The van der Waals surface area contributed by atoms with E-state index in [-0.39, 0.29) is 24.1 Å². The van der Waals surface area contributed by atoms with Gasteiger partial charge in [-0.3, -0.25) is 14.2 Å². The molecule has 1 fully saturated rings. The molecule has 25 heavy (non-hydrogen) atoms. The van der Waals surface area contributed by atoms with Crippen LogP contribution in [-0.2, 0) is 20.8 Å². The third-order valence-electron chi connectivity index (χ3n) is 4.17. The summed E-state index contributed by atoms with van der Waals surface area (Å²) < 4.78 is 12.5. The zero-order valence-electron chi connectivity index (χ0n) is 14.1. The van der Waals surface area contributed by atoms with Gasteiger partial charge in [0, 0.05) is 19.8 Å². The average molecular weight is 345 g/mol.